The highest BCUT2D eigenvalue weighted by atomic mass is 32.1. The Morgan fingerprint density at radius 3 is 3.04 bits per heavy atom. The van der Waals surface area contributed by atoms with Crippen molar-refractivity contribution in [2.45, 2.75) is 19.4 Å². The van der Waals surface area contributed by atoms with E-state index in [2.05, 4.69) is 38.2 Å². The molecule has 1 aliphatic rings. The molecule has 6 nitrogen and oxygen atoms in total. The zero-order chi connectivity index (χ0) is 16.5. The quantitative estimate of drug-likeness (QED) is 0.731. The Balaban J connectivity index is 1.51. The van der Waals surface area contributed by atoms with E-state index in [1.54, 1.807) is 29.8 Å². The highest BCUT2D eigenvalue weighted by molar-refractivity contribution is 7.17. The summed E-state index contributed by atoms with van der Waals surface area (Å²) < 4.78 is 5.95. The van der Waals surface area contributed by atoms with E-state index in [1.807, 2.05) is 0 Å². The number of fused-ring (bicyclic) bond motifs is 1. The fraction of sp³-hybridized carbons (Fsp3) is 0.294. The molecule has 24 heavy (non-hydrogen) atoms. The molecule has 0 N–H and O–H groups in total. The van der Waals surface area contributed by atoms with Gasteiger partial charge in [0.1, 0.15) is 29.1 Å². The average Bonchev–Trinajstić information content (AvgIpc) is 3.23. The predicted molar refractivity (Wildman–Crippen MR) is 92.4 cm³/mol. The number of pyridine rings is 1. The maximum absolute atomic E-state index is 8.82. The second kappa shape index (κ2) is 6.06. The van der Waals surface area contributed by atoms with Crippen LogP contribution in [0.4, 0.5) is 5.82 Å². The molecule has 1 atom stereocenters. The van der Waals surface area contributed by atoms with Crippen molar-refractivity contribution in [3.05, 3.63) is 41.2 Å². The van der Waals surface area contributed by atoms with Gasteiger partial charge in [0.2, 0.25) is 5.88 Å². The molecule has 1 saturated heterocycles. The van der Waals surface area contributed by atoms with Gasteiger partial charge in [-0.15, -0.1) is 11.3 Å². The summed E-state index contributed by atoms with van der Waals surface area (Å²) in [4.78, 5) is 16.3. The molecule has 1 aliphatic heterocycles. The van der Waals surface area contributed by atoms with Gasteiger partial charge in [-0.1, -0.05) is 0 Å². The molecule has 120 valence electrons. The maximum Gasteiger partial charge on any atom is 0.213 e. The highest BCUT2D eigenvalue weighted by Gasteiger charge is 2.27. The Hall–Kier alpha value is -2.72. The van der Waals surface area contributed by atoms with Crippen molar-refractivity contribution < 1.29 is 4.74 Å². The van der Waals surface area contributed by atoms with E-state index in [1.165, 1.54) is 11.8 Å². The second-order valence-electron chi connectivity index (χ2n) is 5.77. The van der Waals surface area contributed by atoms with E-state index in [0.717, 1.165) is 35.5 Å². The van der Waals surface area contributed by atoms with Gasteiger partial charge in [-0.2, -0.15) is 5.26 Å². The minimum atomic E-state index is 0.0643. The van der Waals surface area contributed by atoms with Gasteiger partial charge in [-0.3, -0.25) is 0 Å². The van der Waals surface area contributed by atoms with Crippen LogP contribution >= 0.6 is 11.3 Å². The molecule has 0 radical (unpaired) electrons. The fourth-order valence-corrected chi connectivity index (χ4v) is 3.83. The van der Waals surface area contributed by atoms with Crippen molar-refractivity contribution in [1.29, 1.82) is 5.26 Å². The first kappa shape index (κ1) is 14.8. The second-order valence-corrected chi connectivity index (χ2v) is 6.63. The van der Waals surface area contributed by atoms with E-state index in [-0.39, 0.29) is 6.10 Å². The van der Waals surface area contributed by atoms with Crippen molar-refractivity contribution >= 4 is 27.4 Å². The van der Waals surface area contributed by atoms with E-state index >= 15 is 0 Å². The number of anilines is 1. The third-order valence-corrected chi connectivity index (χ3v) is 5.14. The fourth-order valence-electron chi connectivity index (χ4n) is 2.94. The molecule has 7 heteroatoms. The van der Waals surface area contributed by atoms with Crippen molar-refractivity contribution in [3.8, 4) is 11.9 Å². The van der Waals surface area contributed by atoms with Crippen LogP contribution in [0.15, 0.2) is 30.0 Å². The van der Waals surface area contributed by atoms with Crippen molar-refractivity contribution in [1.82, 2.24) is 15.0 Å². The molecule has 0 aromatic carbocycles. The van der Waals surface area contributed by atoms with Crippen LogP contribution in [0.3, 0.4) is 0 Å². The number of ether oxygens (including phenoxy) is 1. The first-order valence-electron chi connectivity index (χ1n) is 7.71. The minimum absolute atomic E-state index is 0.0643. The molecule has 0 spiro atoms. The number of aryl methyl sites for hydroxylation is 1. The molecule has 0 saturated carbocycles. The Kier molecular flexibility index (Phi) is 3.75. The topological polar surface area (TPSA) is 74.9 Å². The molecule has 1 fully saturated rings. The highest BCUT2D eigenvalue weighted by Crippen LogP contribution is 2.32. The molecule has 0 bridgehead atoms. The third-order valence-electron chi connectivity index (χ3n) is 4.13. The van der Waals surface area contributed by atoms with Crippen LogP contribution in [-0.4, -0.2) is 34.1 Å². The summed E-state index contributed by atoms with van der Waals surface area (Å²) in [6.07, 6.45) is 4.14. The van der Waals surface area contributed by atoms with Crippen LogP contribution in [0.1, 0.15) is 17.5 Å². The lowest BCUT2D eigenvalue weighted by Crippen LogP contribution is -2.25. The van der Waals surface area contributed by atoms with E-state index in [0.29, 0.717) is 11.4 Å². The molecular weight excluding hydrogens is 322 g/mol. The Morgan fingerprint density at radius 1 is 1.33 bits per heavy atom. The van der Waals surface area contributed by atoms with Gasteiger partial charge in [-0.25, -0.2) is 15.0 Å². The molecule has 0 aliphatic carbocycles. The molecule has 0 amide bonds. The number of aromatic nitrogens is 3. The normalized spacial score (nSPS) is 17.2. The smallest absolute Gasteiger partial charge is 0.213 e. The first-order chi connectivity index (χ1) is 11.7. The van der Waals surface area contributed by atoms with Crippen molar-refractivity contribution in [2.24, 2.45) is 0 Å². The lowest BCUT2D eigenvalue weighted by Gasteiger charge is -2.18. The molecule has 3 aromatic heterocycles. The largest absolute Gasteiger partial charge is 0.472 e. The van der Waals surface area contributed by atoms with Gasteiger partial charge in [0.25, 0.3) is 0 Å². The lowest BCUT2D eigenvalue weighted by atomic mass is 10.2. The van der Waals surface area contributed by atoms with Crippen LogP contribution < -0.4 is 9.64 Å². The van der Waals surface area contributed by atoms with Crippen LogP contribution in [0.2, 0.25) is 0 Å². The maximum atomic E-state index is 8.82. The summed E-state index contributed by atoms with van der Waals surface area (Å²) in [6, 6.07) is 5.52. The van der Waals surface area contributed by atoms with Crippen molar-refractivity contribution in [3.63, 3.8) is 0 Å². The lowest BCUT2D eigenvalue weighted by molar-refractivity contribution is 0.216. The summed E-state index contributed by atoms with van der Waals surface area (Å²) in [7, 11) is 0. The van der Waals surface area contributed by atoms with E-state index in [9.17, 15) is 0 Å². The summed E-state index contributed by atoms with van der Waals surface area (Å²) in [5, 5.41) is 12.1. The number of nitriles is 1. The Morgan fingerprint density at radius 2 is 2.25 bits per heavy atom. The number of hydrogen-bond acceptors (Lipinski definition) is 7. The molecule has 1 unspecified atom stereocenters. The molecule has 4 heterocycles. The minimum Gasteiger partial charge on any atom is -0.472 e. The van der Waals surface area contributed by atoms with Crippen LogP contribution in [0, 0.1) is 18.3 Å². The monoisotopic (exact) mass is 337 g/mol. The standard InChI is InChI=1S/C17H15N5OS/c1-11-9-24-17-15(11)16(20-10-21-17)22-5-4-13(8-22)23-14-3-2-12(6-18)7-19-14/h2-3,7,9-10,13H,4-5,8H2,1H3. The summed E-state index contributed by atoms with van der Waals surface area (Å²) >= 11 is 1.65. The molecule has 4 rings (SSSR count). The summed E-state index contributed by atoms with van der Waals surface area (Å²) in [5.41, 5.74) is 1.75. The van der Waals surface area contributed by atoms with Crippen molar-refractivity contribution in [2.75, 3.05) is 18.0 Å². The average molecular weight is 337 g/mol. The SMILES string of the molecule is Cc1csc2ncnc(N3CCC(Oc4ccc(C#N)cn4)C3)c12. The zero-order valence-corrected chi connectivity index (χ0v) is 14.0. The van der Waals surface area contributed by atoms with E-state index in [4.69, 9.17) is 10.00 Å². The summed E-state index contributed by atoms with van der Waals surface area (Å²) in [5.74, 6) is 1.54. The molecule has 3 aromatic rings. The van der Waals surface area contributed by atoms with Gasteiger partial charge >= 0.3 is 0 Å². The van der Waals surface area contributed by atoms with Gasteiger partial charge in [0.05, 0.1) is 17.5 Å². The number of hydrogen-bond donors (Lipinski definition) is 0. The first-order valence-corrected chi connectivity index (χ1v) is 8.59. The van der Waals surface area contributed by atoms with Crippen LogP contribution in [0.25, 0.3) is 10.2 Å². The van der Waals surface area contributed by atoms with Gasteiger partial charge in [0, 0.05) is 25.2 Å². The van der Waals surface area contributed by atoms with Gasteiger partial charge < -0.3 is 9.64 Å². The summed E-state index contributed by atoms with van der Waals surface area (Å²) in [6.45, 7) is 3.75. The Bertz CT molecular complexity index is 915. The zero-order valence-electron chi connectivity index (χ0n) is 13.1. The van der Waals surface area contributed by atoms with E-state index < -0.39 is 0 Å². The predicted octanol–water partition coefficient (Wildman–Crippen LogP) is 2.92. The van der Waals surface area contributed by atoms with Gasteiger partial charge in [-0.05, 0) is 23.9 Å². The number of nitrogens with zero attached hydrogens (tertiary/aromatic N) is 5. The number of rotatable bonds is 3. The number of thiophene rings is 1. The van der Waals surface area contributed by atoms with Crippen LogP contribution in [-0.2, 0) is 0 Å². The third kappa shape index (κ3) is 2.65. The molecular formula is C17H15N5OS. The van der Waals surface area contributed by atoms with Gasteiger partial charge in [0.15, 0.2) is 0 Å². The Labute approximate surface area is 143 Å². The van der Waals surface area contributed by atoms with Crippen LogP contribution in [0.5, 0.6) is 5.88 Å².